The first-order valence-corrected chi connectivity index (χ1v) is 11.8. The third kappa shape index (κ3) is 2.86. The highest BCUT2D eigenvalue weighted by atomic mass is 127. The van der Waals surface area contributed by atoms with Crippen LogP contribution >= 0.6 is 45.2 Å². The molecule has 7 heteroatoms. The molecular weight excluding hydrogens is 582 g/mol. The zero-order chi connectivity index (χ0) is 19.7. The summed E-state index contributed by atoms with van der Waals surface area (Å²) in [6.07, 6.45) is 7.24. The van der Waals surface area contributed by atoms with Crippen LogP contribution in [0.25, 0.3) is 0 Å². The second-order valence-corrected chi connectivity index (χ2v) is 10.7. The first-order chi connectivity index (χ1) is 13.4. The maximum absolute atomic E-state index is 13.0. The summed E-state index contributed by atoms with van der Waals surface area (Å²) >= 11 is 4.48. The number of benzene rings is 1. The van der Waals surface area contributed by atoms with Crippen molar-refractivity contribution in [3.8, 4) is 5.75 Å². The van der Waals surface area contributed by atoms with Crippen LogP contribution in [0.2, 0.25) is 0 Å². The number of hydrogen-bond acceptors (Lipinski definition) is 4. The lowest BCUT2D eigenvalue weighted by molar-refractivity contribution is -0.140. The zero-order valence-corrected chi connectivity index (χ0v) is 19.8. The Morgan fingerprint density at radius 3 is 2.11 bits per heavy atom. The van der Waals surface area contributed by atoms with E-state index < -0.39 is 0 Å². The van der Waals surface area contributed by atoms with Gasteiger partial charge < -0.3 is 4.74 Å². The number of nitrogens with zero attached hydrogens (tertiary/aromatic N) is 2. The van der Waals surface area contributed by atoms with Gasteiger partial charge in [0.15, 0.2) is 0 Å². The van der Waals surface area contributed by atoms with Crippen molar-refractivity contribution < 1.29 is 14.3 Å². The van der Waals surface area contributed by atoms with E-state index in [1.54, 1.807) is 6.21 Å². The summed E-state index contributed by atoms with van der Waals surface area (Å²) in [7, 11) is 0. The van der Waals surface area contributed by atoms with Crippen molar-refractivity contribution in [2.24, 2.45) is 40.6 Å². The van der Waals surface area contributed by atoms with Gasteiger partial charge >= 0.3 is 0 Å². The lowest BCUT2D eigenvalue weighted by Crippen LogP contribution is -2.40. The molecule has 0 unspecified atom stereocenters. The molecular formula is C21H20I2N2O3. The van der Waals surface area contributed by atoms with Crippen molar-refractivity contribution in [3.05, 3.63) is 37.0 Å². The van der Waals surface area contributed by atoms with Gasteiger partial charge in [0.2, 0.25) is 0 Å². The van der Waals surface area contributed by atoms with E-state index in [1.165, 1.54) is 6.42 Å². The van der Waals surface area contributed by atoms with Crippen molar-refractivity contribution in [2.45, 2.75) is 26.4 Å². The first kappa shape index (κ1) is 19.0. The number of rotatable bonds is 4. The lowest BCUT2D eigenvalue weighted by atomic mass is 9.63. The summed E-state index contributed by atoms with van der Waals surface area (Å²) < 4.78 is 7.83. The molecule has 5 aliphatic rings. The van der Waals surface area contributed by atoms with Gasteiger partial charge in [0.05, 0.1) is 31.3 Å². The smallest absolute Gasteiger partial charge is 0.254 e. The fraction of sp³-hybridized carbons (Fsp3) is 0.476. The molecule has 1 aliphatic heterocycles. The number of hydrogen-bond donors (Lipinski definition) is 0. The van der Waals surface area contributed by atoms with Gasteiger partial charge in [-0.1, -0.05) is 12.2 Å². The molecule has 2 bridgehead atoms. The van der Waals surface area contributed by atoms with Crippen LogP contribution in [0.1, 0.15) is 25.8 Å². The standard InChI is InChI=1S/C21H20I2N2O3/c1-9(2)28-19-15(22)5-10(6-16(19)23)8-24-25-20(26)17-11-3-4-12(14-7-13(11)14)18(17)21(25)27/h3-6,8-9,11-14,17-18H,7H2,1-2H3/b24-8-/t11-,12-,13-,14-,17+,18+/m0/s1. The van der Waals surface area contributed by atoms with Gasteiger partial charge in [0.25, 0.3) is 11.8 Å². The SMILES string of the molecule is CC(C)Oc1c(I)cc(/C=N\N2C(=O)[C@@H]3[C@H]4C=C[C@@H]([C@@H]5C[C@@H]45)[C@H]3C2=O)cc1I. The number of halogens is 2. The summed E-state index contributed by atoms with van der Waals surface area (Å²) in [4.78, 5) is 25.9. The first-order valence-electron chi connectivity index (χ1n) is 9.62. The fourth-order valence-corrected chi connectivity index (χ4v) is 7.25. The minimum atomic E-state index is -0.203. The van der Waals surface area contributed by atoms with Crippen LogP contribution < -0.4 is 4.74 Å². The molecule has 0 spiro atoms. The van der Waals surface area contributed by atoms with Crippen LogP contribution in [0.5, 0.6) is 5.75 Å². The van der Waals surface area contributed by atoms with E-state index in [0.717, 1.165) is 23.5 Å². The number of carbonyl (C=O) groups excluding carboxylic acids is 2. The number of hydrazone groups is 1. The number of allylic oxidation sites excluding steroid dienone is 2. The number of ether oxygens (including phenoxy) is 1. The molecule has 6 rings (SSSR count). The van der Waals surface area contributed by atoms with Crippen LogP contribution in [0.15, 0.2) is 29.4 Å². The number of carbonyl (C=O) groups is 2. The third-order valence-corrected chi connectivity index (χ3v) is 7.94. The van der Waals surface area contributed by atoms with E-state index in [-0.39, 0.29) is 41.6 Å². The molecule has 28 heavy (non-hydrogen) atoms. The van der Waals surface area contributed by atoms with E-state index in [0.29, 0.717) is 11.8 Å². The van der Waals surface area contributed by atoms with Gasteiger partial charge in [-0.15, -0.1) is 0 Å². The fourth-order valence-electron chi connectivity index (χ4n) is 5.18. The van der Waals surface area contributed by atoms with Gasteiger partial charge in [0.1, 0.15) is 5.75 Å². The molecule has 2 amide bonds. The van der Waals surface area contributed by atoms with Crippen molar-refractivity contribution in [3.63, 3.8) is 0 Å². The maximum Gasteiger partial charge on any atom is 0.254 e. The average Bonchev–Trinajstić information content (AvgIpc) is 3.42. The quantitative estimate of drug-likeness (QED) is 0.226. The molecule has 3 fully saturated rings. The third-order valence-electron chi connectivity index (χ3n) is 6.34. The van der Waals surface area contributed by atoms with E-state index in [1.807, 2.05) is 26.0 Å². The maximum atomic E-state index is 13.0. The van der Waals surface area contributed by atoms with Crippen molar-refractivity contribution in [1.82, 2.24) is 5.01 Å². The Balaban J connectivity index is 1.39. The molecule has 0 N–H and O–H groups in total. The van der Waals surface area contributed by atoms with Gasteiger partial charge in [0, 0.05) is 0 Å². The molecule has 0 radical (unpaired) electrons. The second-order valence-electron chi connectivity index (χ2n) is 8.37. The Morgan fingerprint density at radius 1 is 1.07 bits per heavy atom. The van der Waals surface area contributed by atoms with E-state index >= 15 is 0 Å². The largest absolute Gasteiger partial charge is 0.489 e. The molecule has 2 saturated carbocycles. The Morgan fingerprint density at radius 2 is 1.61 bits per heavy atom. The molecule has 1 aromatic carbocycles. The Kier molecular flexibility index (Phi) is 4.61. The molecule has 4 aliphatic carbocycles. The van der Waals surface area contributed by atoms with Crippen molar-refractivity contribution >= 4 is 63.2 Å². The Labute approximate surface area is 191 Å². The predicted molar refractivity (Wildman–Crippen MR) is 122 cm³/mol. The summed E-state index contributed by atoms with van der Waals surface area (Å²) in [5, 5.41) is 5.45. The van der Waals surface area contributed by atoms with Gasteiger partial charge in [-0.2, -0.15) is 10.1 Å². The van der Waals surface area contributed by atoms with E-state index in [9.17, 15) is 9.59 Å². The lowest BCUT2D eigenvalue weighted by Gasteiger charge is -2.37. The second kappa shape index (κ2) is 6.78. The predicted octanol–water partition coefficient (Wildman–Crippen LogP) is 4.07. The van der Waals surface area contributed by atoms with Gasteiger partial charge in [-0.05, 0) is 107 Å². The minimum Gasteiger partial charge on any atom is -0.489 e. The molecule has 0 aromatic heterocycles. The molecule has 5 nitrogen and oxygen atoms in total. The van der Waals surface area contributed by atoms with Crippen LogP contribution in [0.4, 0.5) is 0 Å². The highest BCUT2D eigenvalue weighted by Gasteiger charge is 2.67. The molecule has 146 valence electrons. The Bertz CT molecular complexity index is 883. The summed E-state index contributed by atoms with van der Waals surface area (Å²) in [5.74, 6) is 1.87. The summed E-state index contributed by atoms with van der Waals surface area (Å²) in [5.41, 5.74) is 0.851. The number of imide groups is 1. The normalized spacial score (nSPS) is 35.1. The average molecular weight is 602 g/mol. The molecule has 6 atom stereocenters. The van der Waals surface area contributed by atoms with Crippen LogP contribution in [0, 0.1) is 42.6 Å². The molecule has 1 aromatic rings. The van der Waals surface area contributed by atoms with Gasteiger partial charge in [-0.25, -0.2) is 0 Å². The van der Waals surface area contributed by atoms with E-state index in [2.05, 4.69) is 62.4 Å². The summed E-state index contributed by atoms with van der Waals surface area (Å²) in [6.45, 7) is 4.00. The molecule has 1 saturated heterocycles. The van der Waals surface area contributed by atoms with Crippen LogP contribution in [-0.4, -0.2) is 29.1 Å². The molecule has 1 heterocycles. The highest BCUT2D eigenvalue weighted by Crippen LogP contribution is 2.65. The number of amides is 2. The van der Waals surface area contributed by atoms with E-state index in [4.69, 9.17) is 4.74 Å². The minimum absolute atomic E-state index is 0.0972. The van der Waals surface area contributed by atoms with Crippen molar-refractivity contribution in [1.29, 1.82) is 0 Å². The monoisotopic (exact) mass is 602 g/mol. The van der Waals surface area contributed by atoms with Crippen LogP contribution in [0.3, 0.4) is 0 Å². The zero-order valence-electron chi connectivity index (χ0n) is 15.5. The Hall–Kier alpha value is -0.970. The highest BCUT2D eigenvalue weighted by molar-refractivity contribution is 14.1. The van der Waals surface area contributed by atoms with Gasteiger partial charge in [-0.3, -0.25) is 9.59 Å². The van der Waals surface area contributed by atoms with Crippen LogP contribution in [-0.2, 0) is 9.59 Å². The topological polar surface area (TPSA) is 59.0 Å². The van der Waals surface area contributed by atoms with Crippen molar-refractivity contribution in [2.75, 3.05) is 0 Å². The summed E-state index contributed by atoms with van der Waals surface area (Å²) in [6, 6.07) is 3.92.